The van der Waals surface area contributed by atoms with Crippen molar-refractivity contribution < 1.29 is 19.2 Å². The number of carbonyl (C=O) groups is 4. The molecule has 31 heavy (non-hydrogen) atoms. The Bertz CT molecular complexity index is 620. The van der Waals surface area contributed by atoms with Gasteiger partial charge >= 0.3 is 0 Å². The van der Waals surface area contributed by atoms with Crippen LogP contribution in [-0.4, -0.2) is 67.7 Å². The third-order valence-electron chi connectivity index (χ3n) is 4.41. The zero-order chi connectivity index (χ0) is 23.8. The van der Waals surface area contributed by atoms with Crippen LogP contribution in [0.3, 0.4) is 0 Å². The van der Waals surface area contributed by atoms with Crippen molar-refractivity contribution >= 4 is 29.5 Å². The lowest BCUT2D eigenvalue weighted by Crippen LogP contribution is -2.51. The maximum atomic E-state index is 12.4. The minimum atomic E-state index is -0.829. The van der Waals surface area contributed by atoms with Crippen LogP contribution in [0.5, 0.6) is 0 Å². The van der Waals surface area contributed by atoms with Gasteiger partial charge in [0.25, 0.3) is 0 Å². The lowest BCUT2D eigenvalue weighted by atomic mass is 10.1. The molecule has 0 aliphatic rings. The number of amides is 3. The van der Waals surface area contributed by atoms with Gasteiger partial charge in [0.2, 0.25) is 17.7 Å². The standard InChI is InChI=1S/C19H38N8O4/c1-12(2)15(28)10-25-18(31)14(7-3-4-8-20)27-16(29)11-26-17(30)13(21)6-5-9-24-19(22)23/h12-14H,3-11,20-21H2,1-2H3,(H,25,31)(H,26,30)(H,27,29)(H4,22,23,24). The quantitative estimate of drug-likeness (QED) is 0.0763. The molecule has 11 N–H and O–H groups in total. The molecule has 0 aromatic heterocycles. The molecular formula is C19H38N8O4. The number of nitrogens with two attached hydrogens (primary N) is 4. The van der Waals surface area contributed by atoms with Crippen molar-refractivity contribution in [3.63, 3.8) is 0 Å². The van der Waals surface area contributed by atoms with Crippen molar-refractivity contribution in [3.8, 4) is 0 Å². The number of carbonyl (C=O) groups excluding carboxylic acids is 4. The molecule has 0 rings (SSSR count). The van der Waals surface area contributed by atoms with E-state index in [1.807, 2.05) is 0 Å². The Balaban J connectivity index is 4.56. The van der Waals surface area contributed by atoms with Gasteiger partial charge < -0.3 is 38.9 Å². The number of rotatable bonds is 16. The summed E-state index contributed by atoms with van der Waals surface area (Å²) >= 11 is 0. The molecule has 0 aliphatic carbocycles. The fourth-order valence-electron chi connectivity index (χ4n) is 2.46. The SMILES string of the molecule is CC(C)C(=O)CNC(=O)C(CCCCN)NC(=O)CNC(=O)C(N)CCCN=C(N)N. The summed E-state index contributed by atoms with van der Waals surface area (Å²) in [4.78, 5) is 52.1. The van der Waals surface area contributed by atoms with Gasteiger partial charge in [0.05, 0.1) is 19.1 Å². The van der Waals surface area contributed by atoms with Crippen LogP contribution in [0.15, 0.2) is 4.99 Å². The highest BCUT2D eigenvalue weighted by Gasteiger charge is 2.22. The van der Waals surface area contributed by atoms with Gasteiger partial charge in [0, 0.05) is 12.5 Å². The molecule has 178 valence electrons. The molecule has 0 aromatic carbocycles. The summed E-state index contributed by atoms with van der Waals surface area (Å²) in [6.45, 7) is 3.86. The number of nitrogens with zero attached hydrogens (tertiary/aromatic N) is 1. The van der Waals surface area contributed by atoms with Gasteiger partial charge in [-0.3, -0.25) is 24.2 Å². The molecule has 0 heterocycles. The number of hydrogen-bond donors (Lipinski definition) is 7. The fourth-order valence-corrected chi connectivity index (χ4v) is 2.46. The summed E-state index contributed by atoms with van der Waals surface area (Å²) < 4.78 is 0. The Hall–Kier alpha value is -2.73. The summed E-state index contributed by atoms with van der Waals surface area (Å²) in [6, 6.07) is -1.64. The lowest BCUT2D eigenvalue weighted by Gasteiger charge is -2.19. The van der Waals surface area contributed by atoms with Crippen LogP contribution in [-0.2, 0) is 19.2 Å². The lowest BCUT2D eigenvalue weighted by molar-refractivity contribution is -0.131. The number of hydrogen-bond acceptors (Lipinski definition) is 7. The van der Waals surface area contributed by atoms with Crippen LogP contribution in [0, 0.1) is 5.92 Å². The number of nitrogens with one attached hydrogen (secondary N) is 3. The Kier molecular flexibility index (Phi) is 14.6. The van der Waals surface area contributed by atoms with Crippen molar-refractivity contribution in [1.82, 2.24) is 16.0 Å². The summed E-state index contributed by atoms with van der Waals surface area (Å²) in [5.41, 5.74) is 21.7. The third kappa shape index (κ3) is 14.0. The Morgan fingerprint density at radius 2 is 1.55 bits per heavy atom. The minimum absolute atomic E-state index is 0.0340. The predicted octanol–water partition coefficient (Wildman–Crippen LogP) is -2.56. The van der Waals surface area contributed by atoms with Gasteiger partial charge in [-0.2, -0.15) is 0 Å². The van der Waals surface area contributed by atoms with Crippen molar-refractivity contribution in [2.45, 2.75) is 58.0 Å². The first-order valence-electron chi connectivity index (χ1n) is 10.5. The molecule has 2 unspecified atom stereocenters. The molecular weight excluding hydrogens is 404 g/mol. The second-order valence-electron chi connectivity index (χ2n) is 7.52. The predicted molar refractivity (Wildman–Crippen MR) is 119 cm³/mol. The molecule has 0 radical (unpaired) electrons. The number of guanidine groups is 1. The average Bonchev–Trinajstić information content (AvgIpc) is 2.71. The largest absolute Gasteiger partial charge is 0.370 e. The molecule has 0 saturated heterocycles. The highest BCUT2D eigenvalue weighted by atomic mass is 16.2. The van der Waals surface area contributed by atoms with E-state index in [1.54, 1.807) is 13.8 Å². The summed E-state index contributed by atoms with van der Waals surface area (Å²) in [5.74, 6) is -1.84. The first-order valence-corrected chi connectivity index (χ1v) is 10.5. The van der Waals surface area contributed by atoms with Crippen molar-refractivity contribution in [3.05, 3.63) is 0 Å². The van der Waals surface area contributed by atoms with E-state index in [9.17, 15) is 19.2 Å². The molecule has 3 amide bonds. The molecule has 12 heteroatoms. The van der Waals surface area contributed by atoms with E-state index in [0.29, 0.717) is 45.2 Å². The minimum Gasteiger partial charge on any atom is -0.370 e. The first kappa shape index (κ1) is 28.3. The normalized spacial score (nSPS) is 12.5. The van der Waals surface area contributed by atoms with E-state index in [-0.39, 0.29) is 30.8 Å². The Morgan fingerprint density at radius 3 is 2.13 bits per heavy atom. The monoisotopic (exact) mass is 442 g/mol. The van der Waals surface area contributed by atoms with Crippen LogP contribution in [0.2, 0.25) is 0 Å². The van der Waals surface area contributed by atoms with Crippen LogP contribution >= 0.6 is 0 Å². The van der Waals surface area contributed by atoms with E-state index in [2.05, 4.69) is 20.9 Å². The van der Waals surface area contributed by atoms with Crippen molar-refractivity contribution in [2.75, 3.05) is 26.2 Å². The van der Waals surface area contributed by atoms with E-state index >= 15 is 0 Å². The third-order valence-corrected chi connectivity index (χ3v) is 4.41. The van der Waals surface area contributed by atoms with Gasteiger partial charge in [-0.15, -0.1) is 0 Å². The maximum absolute atomic E-state index is 12.4. The zero-order valence-corrected chi connectivity index (χ0v) is 18.5. The van der Waals surface area contributed by atoms with Crippen molar-refractivity contribution in [1.29, 1.82) is 0 Å². The molecule has 0 aliphatic heterocycles. The highest BCUT2D eigenvalue weighted by molar-refractivity contribution is 5.93. The smallest absolute Gasteiger partial charge is 0.242 e. The molecule has 12 nitrogen and oxygen atoms in total. The number of unbranched alkanes of at least 4 members (excludes halogenated alkanes) is 1. The maximum Gasteiger partial charge on any atom is 0.242 e. The molecule has 0 spiro atoms. The Labute approximate surface area is 183 Å². The zero-order valence-electron chi connectivity index (χ0n) is 18.5. The first-order chi connectivity index (χ1) is 14.6. The average molecular weight is 443 g/mol. The Morgan fingerprint density at radius 1 is 0.903 bits per heavy atom. The molecule has 0 aromatic rings. The van der Waals surface area contributed by atoms with Crippen LogP contribution in [0.4, 0.5) is 0 Å². The van der Waals surface area contributed by atoms with E-state index in [1.165, 1.54) is 0 Å². The van der Waals surface area contributed by atoms with Gasteiger partial charge in [-0.25, -0.2) is 0 Å². The molecule has 0 fully saturated rings. The van der Waals surface area contributed by atoms with Gasteiger partial charge in [0.1, 0.15) is 6.04 Å². The summed E-state index contributed by atoms with van der Waals surface area (Å²) in [5, 5.41) is 7.57. The second-order valence-corrected chi connectivity index (χ2v) is 7.52. The van der Waals surface area contributed by atoms with E-state index < -0.39 is 29.8 Å². The van der Waals surface area contributed by atoms with E-state index in [4.69, 9.17) is 22.9 Å². The summed E-state index contributed by atoms with van der Waals surface area (Å²) in [6.07, 6.45) is 2.54. The van der Waals surface area contributed by atoms with Crippen LogP contribution < -0.4 is 38.9 Å². The molecule has 2 atom stereocenters. The van der Waals surface area contributed by atoms with Crippen LogP contribution in [0.1, 0.15) is 46.0 Å². The van der Waals surface area contributed by atoms with Crippen molar-refractivity contribution in [2.24, 2.45) is 33.8 Å². The van der Waals surface area contributed by atoms with Crippen LogP contribution in [0.25, 0.3) is 0 Å². The number of ketones is 1. The van der Waals surface area contributed by atoms with Gasteiger partial charge in [-0.05, 0) is 38.6 Å². The molecule has 0 bridgehead atoms. The summed E-state index contributed by atoms with van der Waals surface area (Å²) in [7, 11) is 0. The second kappa shape index (κ2) is 16.0. The van der Waals surface area contributed by atoms with Gasteiger partial charge in [-0.1, -0.05) is 13.8 Å². The fraction of sp³-hybridized carbons (Fsp3) is 0.737. The molecule has 0 saturated carbocycles. The van der Waals surface area contributed by atoms with Gasteiger partial charge in [0.15, 0.2) is 11.7 Å². The topological polar surface area (TPSA) is 221 Å². The number of Topliss-reactive ketones (excluding diaryl/α,β-unsaturated/α-hetero) is 1. The number of aliphatic imine (C=N–C) groups is 1. The highest BCUT2D eigenvalue weighted by Crippen LogP contribution is 2.02. The van der Waals surface area contributed by atoms with E-state index in [0.717, 1.165) is 0 Å².